The summed E-state index contributed by atoms with van der Waals surface area (Å²) in [4.78, 5) is 117. The molecular formula is C62H86N10O8. The summed E-state index contributed by atoms with van der Waals surface area (Å²) in [7, 11) is 3.38. The minimum atomic E-state index is -0.780. The van der Waals surface area contributed by atoms with E-state index >= 15 is 0 Å². The topological polar surface area (TPSA) is 222 Å². The van der Waals surface area contributed by atoms with Crippen LogP contribution in [0.2, 0.25) is 0 Å². The van der Waals surface area contributed by atoms with E-state index in [1.165, 1.54) is 0 Å². The zero-order chi connectivity index (χ0) is 58.3. The summed E-state index contributed by atoms with van der Waals surface area (Å²) in [5, 5.41) is 18.8. The van der Waals surface area contributed by atoms with Crippen LogP contribution in [0.25, 0.3) is 10.8 Å². The van der Waals surface area contributed by atoms with Crippen LogP contribution in [0.3, 0.4) is 0 Å². The molecule has 6 N–H and O–H groups in total. The van der Waals surface area contributed by atoms with Gasteiger partial charge in [0.05, 0.1) is 25.2 Å². The summed E-state index contributed by atoms with van der Waals surface area (Å²) in [5.41, 5.74) is 1.57. The molecule has 0 bridgehead atoms. The molecule has 0 unspecified atom stereocenters. The fourth-order valence-electron chi connectivity index (χ4n) is 10.3. The lowest BCUT2D eigenvalue weighted by molar-refractivity contribution is -0.142. The maximum atomic E-state index is 14.3. The molecule has 0 aliphatic carbocycles. The second-order valence-corrected chi connectivity index (χ2v) is 23.6. The molecule has 0 saturated carbocycles. The van der Waals surface area contributed by atoms with E-state index in [1.807, 2.05) is 102 Å². The van der Waals surface area contributed by atoms with Crippen LogP contribution in [-0.2, 0) is 41.6 Å². The predicted molar refractivity (Wildman–Crippen MR) is 311 cm³/mol. The summed E-state index contributed by atoms with van der Waals surface area (Å²) in [6.07, 6.45) is 4.00. The number of likely N-dealkylation sites (tertiary alicyclic amines) is 2. The Morgan fingerprint density at radius 2 is 0.900 bits per heavy atom. The third kappa shape index (κ3) is 16.9. The van der Waals surface area contributed by atoms with E-state index in [-0.39, 0.29) is 73.7 Å². The zero-order valence-corrected chi connectivity index (χ0v) is 48.7. The first-order valence-electron chi connectivity index (χ1n) is 28.3. The number of hydrogen-bond donors (Lipinski definition) is 6. The van der Waals surface area contributed by atoms with Gasteiger partial charge in [0.2, 0.25) is 35.4 Å². The second-order valence-electron chi connectivity index (χ2n) is 23.6. The SMILES string of the molecule is CN[C@@H](C)C(=O)N[C@H](C(=O)N1CCC[C@H]1CN(CCc1ccccc1)C(=O)CNC(=O)c1ccc2cc(C(=O)NCC(=O)N(CCc3ccccc3)C[C@@H]3CCCN3C(=O)[C@@H](NC(=O)[C@H](C)NC)C(C)(C)C)ccc2c1)C(C)(C)C. The molecule has 4 aromatic carbocycles. The summed E-state index contributed by atoms with van der Waals surface area (Å²) in [5.74, 6) is -2.43. The van der Waals surface area contributed by atoms with Crippen molar-refractivity contribution in [1.29, 1.82) is 0 Å². The van der Waals surface area contributed by atoms with Crippen molar-refractivity contribution in [1.82, 2.24) is 51.5 Å². The number of carbonyl (C=O) groups is 8. The van der Waals surface area contributed by atoms with Gasteiger partial charge in [-0.1, -0.05) is 114 Å². The van der Waals surface area contributed by atoms with Crippen LogP contribution < -0.4 is 31.9 Å². The summed E-state index contributed by atoms with van der Waals surface area (Å²) >= 11 is 0. The third-order valence-electron chi connectivity index (χ3n) is 15.5. The molecule has 0 aromatic heterocycles. The van der Waals surface area contributed by atoms with E-state index in [2.05, 4.69) is 31.9 Å². The largest absolute Gasteiger partial charge is 0.343 e. The number of benzene rings is 4. The van der Waals surface area contributed by atoms with E-state index in [0.717, 1.165) is 24.0 Å². The minimum Gasteiger partial charge on any atom is -0.343 e. The van der Waals surface area contributed by atoms with Gasteiger partial charge in [0.15, 0.2) is 0 Å². The molecule has 2 heterocycles. The molecule has 432 valence electrons. The number of likely N-dealkylation sites (N-methyl/N-ethyl adjacent to an activating group) is 2. The van der Waals surface area contributed by atoms with Gasteiger partial charge in [-0.15, -0.1) is 0 Å². The van der Waals surface area contributed by atoms with Gasteiger partial charge in [0.25, 0.3) is 11.8 Å². The molecule has 2 fully saturated rings. The normalized spacial score (nSPS) is 17.0. The highest BCUT2D eigenvalue weighted by atomic mass is 16.2. The second kappa shape index (κ2) is 28.3. The summed E-state index contributed by atoms with van der Waals surface area (Å²) < 4.78 is 0. The molecule has 6 atom stereocenters. The Hall–Kier alpha value is -7.18. The Labute approximate surface area is 472 Å². The molecule has 4 aromatic rings. The average molecular weight is 1100 g/mol. The van der Waals surface area contributed by atoms with Gasteiger partial charge in [-0.3, -0.25) is 38.4 Å². The lowest BCUT2D eigenvalue weighted by Gasteiger charge is -2.37. The maximum Gasteiger partial charge on any atom is 0.251 e. The maximum absolute atomic E-state index is 14.3. The van der Waals surface area contributed by atoms with Gasteiger partial charge in [-0.05, 0) is 123 Å². The molecule has 8 amide bonds. The number of carbonyl (C=O) groups excluding carboxylic acids is 8. The van der Waals surface area contributed by atoms with Crippen molar-refractivity contribution >= 4 is 58.0 Å². The lowest BCUT2D eigenvalue weighted by Crippen LogP contribution is -2.59. The van der Waals surface area contributed by atoms with E-state index in [1.54, 1.807) is 83.9 Å². The van der Waals surface area contributed by atoms with E-state index in [4.69, 9.17) is 0 Å². The van der Waals surface area contributed by atoms with Gasteiger partial charge < -0.3 is 51.5 Å². The summed E-state index contributed by atoms with van der Waals surface area (Å²) in [6.45, 7) is 16.7. The lowest BCUT2D eigenvalue weighted by atomic mass is 9.85. The van der Waals surface area contributed by atoms with Crippen molar-refractivity contribution in [2.75, 3.05) is 66.5 Å². The van der Waals surface area contributed by atoms with Crippen LogP contribution in [0, 0.1) is 10.8 Å². The number of fused-ring (bicyclic) bond motifs is 1. The first-order valence-corrected chi connectivity index (χ1v) is 28.3. The fourth-order valence-corrected chi connectivity index (χ4v) is 10.3. The van der Waals surface area contributed by atoms with Gasteiger partial charge in [0.1, 0.15) is 12.1 Å². The number of amides is 8. The van der Waals surface area contributed by atoms with Crippen molar-refractivity contribution in [3.63, 3.8) is 0 Å². The first kappa shape index (κ1) is 62.0. The van der Waals surface area contributed by atoms with Crippen LogP contribution in [-0.4, -0.2) is 170 Å². The Bertz CT molecular complexity index is 2610. The van der Waals surface area contributed by atoms with E-state index in [0.29, 0.717) is 73.8 Å². The molecule has 2 saturated heterocycles. The number of hydrogen-bond acceptors (Lipinski definition) is 10. The molecule has 0 spiro atoms. The van der Waals surface area contributed by atoms with Crippen LogP contribution in [0.4, 0.5) is 0 Å². The van der Waals surface area contributed by atoms with Crippen LogP contribution in [0.5, 0.6) is 0 Å². The standard InChI is InChI=1S/C62H86N10O8/c1-41(63-9)55(75)67-53(61(3,4)5)59(79)71-31-17-23-49(71)39-69(33-29-43-19-13-11-14-20-43)51(73)37-65-57(77)47-27-25-46-36-48(28-26-45(46)35-47)58(78)66-38-52(74)70(34-30-44-21-15-12-16-22-44)40-50-24-18-32-72(50)60(80)54(62(6,7)8)68-56(76)42(2)64-10/h11-16,19-22,25-28,35-36,41-42,49-50,53-54,63-64H,17-18,23-24,29-34,37-40H2,1-10H3,(H,65,77)(H,66,78)(H,67,75)(H,68,76)/t41-,42-,49-,50-,53+,54+/m0/s1. The predicted octanol–water partition coefficient (Wildman–Crippen LogP) is 4.70. The monoisotopic (exact) mass is 1100 g/mol. The molecule has 18 nitrogen and oxygen atoms in total. The first-order chi connectivity index (χ1) is 38.0. The Balaban J connectivity index is 1.09. The summed E-state index contributed by atoms with van der Waals surface area (Å²) in [6, 6.07) is 26.6. The van der Waals surface area contributed by atoms with E-state index < -0.39 is 46.8 Å². The molecule has 6 rings (SSSR count). The molecule has 2 aliphatic rings. The molecule has 80 heavy (non-hydrogen) atoms. The number of nitrogens with zero attached hydrogens (tertiary/aromatic N) is 4. The van der Waals surface area contributed by atoms with Gasteiger partial charge >= 0.3 is 0 Å². The smallest absolute Gasteiger partial charge is 0.251 e. The highest BCUT2D eigenvalue weighted by molar-refractivity contribution is 6.03. The fraction of sp³-hybridized carbons (Fsp3) is 0.516. The molecular weight excluding hydrogens is 1010 g/mol. The van der Waals surface area contributed by atoms with Crippen molar-refractivity contribution in [3.05, 3.63) is 119 Å². The van der Waals surface area contributed by atoms with Crippen LogP contribution >= 0.6 is 0 Å². The Morgan fingerprint density at radius 1 is 0.537 bits per heavy atom. The molecule has 2 aliphatic heterocycles. The zero-order valence-electron chi connectivity index (χ0n) is 48.7. The van der Waals surface area contributed by atoms with Gasteiger partial charge in [-0.25, -0.2) is 0 Å². The quantitative estimate of drug-likeness (QED) is 0.0568. The molecule has 18 heteroatoms. The number of nitrogens with one attached hydrogen (secondary N) is 6. The average Bonchev–Trinajstić information content (AvgIpc) is 4.13. The van der Waals surface area contributed by atoms with Gasteiger partial charge in [0, 0.05) is 62.5 Å². The van der Waals surface area contributed by atoms with Crippen molar-refractivity contribution < 1.29 is 38.4 Å². The highest BCUT2D eigenvalue weighted by Gasteiger charge is 2.42. The van der Waals surface area contributed by atoms with Crippen molar-refractivity contribution in [2.45, 2.75) is 130 Å². The third-order valence-corrected chi connectivity index (χ3v) is 15.5. The molecule has 0 radical (unpaired) electrons. The number of rotatable bonds is 24. The minimum absolute atomic E-state index is 0.190. The van der Waals surface area contributed by atoms with Crippen molar-refractivity contribution in [2.24, 2.45) is 10.8 Å². The van der Waals surface area contributed by atoms with Crippen molar-refractivity contribution in [3.8, 4) is 0 Å². The highest BCUT2D eigenvalue weighted by Crippen LogP contribution is 2.29. The van der Waals surface area contributed by atoms with Crippen LogP contribution in [0.15, 0.2) is 97.1 Å². The van der Waals surface area contributed by atoms with Gasteiger partial charge in [-0.2, -0.15) is 0 Å². The Morgan fingerprint density at radius 3 is 1.24 bits per heavy atom. The Kier molecular flexibility index (Phi) is 21.9. The van der Waals surface area contributed by atoms with Crippen LogP contribution in [0.1, 0.15) is 113 Å². The van der Waals surface area contributed by atoms with E-state index in [9.17, 15) is 38.4 Å².